The van der Waals surface area contributed by atoms with Crippen LogP contribution in [0.3, 0.4) is 0 Å². The van der Waals surface area contributed by atoms with Crippen LogP contribution in [-0.2, 0) is 11.3 Å². The Morgan fingerprint density at radius 2 is 2.20 bits per heavy atom. The SMILES string of the molecule is C=CC(=O)N1CC(Cn2c(=O)c(NC[C@@H]3CCCN3C)nc3cc(Br)c(Cl)cc32)C1. The molecule has 0 bridgehead atoms. The average molecular weight is 495 g/mol. The van der Waals surface area contributed by atoms with Gasteiger partial charge in [-0.2, -0.15) is 0 Å². The number of hydrogen-bond donors (Lipinski definition) is 1. The van der Waals surface area contributed by atoms with Crippen LogP contribution in [0.1, 0.15) is 12.8 Å². The molecule has 160 valence electrons. The summed E-state index contributed by atoms with van der Waals surface area (Å²) in [7, 11) is 2.11. The molecule has 0 unspecified atom stereocenters. The third-order valence-corrected chi connectivity index (χ3v) is 7.25. The predicted molar refractivity (Wildman–Crippen MR) is 123 cm³/mol. The van der Waals surface area contributed by atoms with Gasteiger partial charge in [-0.25, -0.2) is 4.98 Å². The Morgan fingerprint density at radius 3 is 2.87 bits per heavy atom. The molecule has 2 aliphatic rings. The molecule has 3 heterocycles. The van der Waals surface area contributed by atoms with Crippen LogP contribution in [-0.4, -0.2) is 64.5 Å². The second-order valence-corrected chi connectivity index (χ2v) is 9.36. The number of hydrogen-bond acceptors (Lipinski definition) is 5. The third kappa shape index (κ3) is 4.13. The van der Waals surface area contributed by atoms with Crippen LogP contribution in [0.2, 0.25) is 5.02 Å². The largest absolute Gasteiger partial charge is 0.364 e. The van der Waals surface area contributed by atoms with Crippen LogP contribution in [0.4, 0.5) is 5.82 Å². The molecule has 4 rings (SSSR count). The first-order valence-corrected chi connectivity index (χ1v) is 11.3. The van der Waals surface area contributed by atoms with E-state index >= 15 is 0 Å². The fraction of sp³-hybridized carbons (Fsp3) is 0.476. The molecule has 1 N–H and O–H groups in total. The van der Waals surface area contributed by atoms with Crippen molar-refractivity contribution in [3.8, 4) is 0 Å². The molecule has 2 aliphatic heterocycles. The topological polar surface area (TPSA) is 70.5 Å². The molecule has 2 fully saturated rings. The lowest BCUT2D eigenvalue weighted by Crippen LogP contribution is -2.51. The summed E-state index contributed by atoms with van der Waals surface area (Å²) in [5.74, 6) is 0.483. The second kappa shape index (κ2) is 8.69. The van der Waals surface area contributed by atoms with Crippen molar-refractivity contribution in [3.05, 3.63) is 44.6 Å². The van der Waals surface area contributed by atoms with Crippen molar-refractivity contribution < 1.29 is 4.79 Å². The van der Waals surface area contributed by atoms with Crippen LogP contribution in [0.5, 0.6) is 0 Å². The van der Waals surface area contributed by atoms with Gasteiger partial charge in [-0.15, -0.1) is 0 Å². The molecule has 1 amide bonds. The number of carbonyl (C=O) groups is 1. The summed E-state index contributed by atoms with van der Waals surface area (Å²) >= 11 is 9.76. The molecular weight excluding hydrogens is 470 g/mol. The van der Waals surface area contributed by atoms with Crippen LogP contribution < -0.4 is 10.9 Å². The van der Waals surface area contributed by atoms with Gasteiger partial charge < -0.3 is 19.7 Å². The molecule has 1 aromatic carbocycles. The Morgan fingerprint density at radius 1 is 1.43 bits per heavy atom. The van der Waals surface area contributed by atoms with E-state index in [9.17, 15) is 9.59 Å². The summed E-state index contributed by atoms with van der Waals surface area (Å²) in [5, 5.41) is 3.82. The van der Waals surface area contributed by atoms with E-state index in [-0.39, 0.29) is 17.4 Å². The number of fused-ring (bicyclic) bond motifs is 1. The van der Waals surface area contributed by atoms with E-state index < -0.39 is 0 Å². The van der Waals surface area contributed by atoms with Crippen LogP contribution in [0.15, 0.2) is 34.1 Å². The number of likely N-dealkylation sites (N-methyl/N-ethyl adjacent to an activating group) is 1. The highest BCUT2D eigenvalue weighted by Crippen LogP contribution is 2.28. The van der Waals surface area contributed by atoms with E-state index in [0.29, 0.717) is 54.1 Å². The first kappa shape index (κ1) is 21.3. The highest BCUT2D eigenvalue weighted by Gasteiger charge is 2.30. The Labute approximate surface area is 188 Å². The van der Waals surface area contributed by atoms with Gasteiger partial charge in [0.2, 0.25) is 5.91 Å². The summed E-state index contributed by atoms with van der Waals surface area (Å²) in [6.45, 7) is 7.03. The Kier molecular flexibility index (Phi) is 6.18. The van der Waals surface area contributed by atoms with Gasteiger partial charge in [-0.1, -0.05) is 18.2 Å². The molecule has 7 nitrogen and oxygen atoms in total. The number of likely N-dealkylation sites (tertiary alicyclic amines) is 2. The number of nitrogens with one attached hydrogen (secondary N) is 1. The quantitative estimate of drug-likeness (QED) is 0.625. The van der Waals surface area contributed by atoms with Crippen LogP contribution in [0, 0.1) is 5.92 Å². The number of amides is 1. The van der Waals surface area contributed by atoms with Gasteiger partial charge in [0, 0.05) is 42.6 Å². The third-order valence-electron chi connectivity index (χ3n) is 6.05. The predicted octanol–water partition coefficient (Wildman–Crippen LogP) is 2.96. The lowest BCUT2D eigenvalue weighted by atomic mass is 9.99. The summed E-state index contributed by atoms with van der Waals surface area (Å²) in [5.41, 5.74) is 1.24. The van der Waals surface area contributed by atoms with Gasteiger partial charge in [0.05, 0.1) is 16.1 Å². The van der Waals surface area contributed by atoms with E-state index in [1.165, 1.54) is 12.5 Å². The van der Waals surface area contributed by atoms with E-state index in [4.69, 9.17) is 11.6 Å². The normalized spacial score (nSPS) is 19.8. The van der Waals surface area contributed by atoms with E-state index in [2.05, 4.69) is 44.8 Å². The standard InChI is InChI=1S/C21H25BrClN5O2/c1-3-19(29)27-10-13(11-27)12-28-18-8-16(23)15(22)7-17(18)25-20(21(28)30)24-9-14-5-4-6-26(14)2/h3,7-8,13-14H,1,4-6,9-12H2,2H3,(H,24,25)/t14-/m0/s1. The number of halogens is 2. The van der Waals surface area contributed by atoms with Crippen molar-refractivity contribution in [1.82, 2.24) is 19.4 Å². The summed E-state index contributed by atoms with van der Waals surface area (Å²) in [6, 6.07) is 4.02. The molecule has 2 aromatic rings. The van der Waals surface area contributed by atoms with Crippen LogP contribution >= 0.6 is 27.5 Å². The van der Waals surface area contributed by atoms with Gasteiger partial charge in [0.1, 0.15) is 0 Å². The minimum absolute atomic E-state index is 0.0757. The lowest BCUT2D eigenvalue weighted by Gasteiger charge is -2.39. The first-order valence-electron chi connectivity index (χ1n) is 10.1. The van der Waals surface area contributed by atoms with Gasteiger partial charge in [-0.05, 0) is 60.6 Å². The van der Waals surface area contributed by atoms with Gasteiger partial charge >= 0.3 is 0 Å². The fourth-order valence-electron chi connectivity index (χ4n) is 4.24. The average Bonchev–Trinajstić information content (AvgIpc) is 3.10. The smallest absolute Gasteiger partial charge is 0.293 e. The van der Waals surface area contributed by atoms with Crippen molar-refractivity contribution >= 4 is 50.3 Å². The number of aromatic nitrogens is 2. The minimum atomic E-state index is -0.157. The lowest BCUT2D eigenvalue weighted by molar-refractivity contribution is -0.132. The van der Waals surface area contributed by atoms with Crippen molar-refractivity contribution in [2.24, 2.45) is 5.92 Å². The number of nitrogens with zero attached hydrogens (tertiary/aromatic N) is 4. The highest BCUT2D eigenvalue weighted by molar-refractivity contribution is 9.10. The van der Waals surface area contributed by atoms with Crippen molar-refractivity contribution in [1.29, 1.82) is 0 Å². The zero-order valence-electron chi connectivity index (χ0n) is 16.9. The van der Waals surface area contributed by atoms with E-state index in [1.54, 1.807) is 15.5 Å². The summed E-state index contributed by atoms with van der Waals surface area (Å²) in [6.07, 6.45) is 3.61. The maximum Gasteiger partial charge on any atom is 0.293 e. The molecule has 30 heavy (non-hydrogen) atoms. The van der Waals surface area contributed by atoms with Crippen molar-refractivity contribution in [3.63, 3.8) is 0 Å². The molecule has 0 spiro atoms. The summed E-state index contributed by atoms with van der Waals surface area (Å²) in [4.78, 5) is 33.7. The molecule has 2 saturated heterocycles. The first-order chi connectivity index (χ1) is 14.4. The molecule has 0 aliphatic carbocycles. The van der Waals surface area contributed by atoms with Gasteiger partial charge in [0.25, 0.3) is 5.56 Å². The zero-order chi connectivity index (χ0) is 21.4. The Bertz CT molecular complexity index is 1050. The molecule has 0 saturated carbocycles. The molecule has 1 atom stereocenters. The zero-order valence-corrected chi connectivity index (χ0v) is 19.2. The highest BCUT2D eigenvalue weighted by atomic mass is 79.9. The maximum atomic E-state index is 13.3. The van der Waals surface area contributed by atoms with Gasteiger partial charge in [-0.3, -0.25) is 9.59 Å². The molecule has 0 radical (unpaired) electrons. The summed E-state index contributed by atoms with van der Waals surface area (Å²) < 4.78 is 2.48. The molecular formula is C21H25BrClN5O2. The second-order valence-electron chi connectivity index (χ2n) is 8.10. The Hall–Kier alpha value is -1.90. The van der Waals surface area contributed by atoms with Crippen LogP contribution in [0.25, 0.3) is 11.0 Å². The number of benzene rings is 1. The number of anilines is 1. The van der Waals surface area contributed by atoms with Crippen molar-refractivity contribution in [2.75, 3.05) is 38.5 Å². The molecule has 9 heteroatoms. The Balaban J connectivity index is 1.63. The number of carbonyl (C=O) groups excluding carboxylic acids is 1. The fourth-order valence-corrected chi connectivity index (χ4v) is 4.73. The monoisotopic (exact) mass is 493 g/mol. The van der Waals surface area contributed by atoms with E-state index in [1.807, 2.05) is 6.07 Å². The van der Waals surface area contributed by atoms with E-state index in [0.717, 1.165) is 17.4 Å². The maximum absolute atomic E-state index is 13.3. The molecule has 1 aromatic heterocycles. The van der Waals surface area contributed by atoms with Crippen molar-refractivity contribution in [2.45, 2.75) is 25.4 Å². The minimum Gasteiger partial charge on any atom is -0.364 e. The van der Waals surface area contributed by atoms with Gasteiger partial charge in [0.15, 0.2) is 5.82 Å². The number of rotatable bonds is 6.